The molecule has 0 spiro atoms. The van der Waals surface area contributed by atoms with Crippen LogP contribution in [0.5, 0.6) is 0 Å². The van der Waals surface area contributed by atoms with Gasteiger partial charge in [-0.1, -0.05) is 26.0 Å². The fourth-order valence-electron chi connectivity index (χ4n) is 2.81. The van der Waals surface area contributed by atoms with Crippen LogP contribution in [0, 0.1) is 0 Å². The molecule has 1 amide bonds. The highest BCUT2D eigenvalue weighted by Crippen LogP contribution is 2.14. The number of amides is 1. The summed E-state index contributed by atoms with van der Waals surface area (Å²) in [4.78, 5) is 15.0. The molecule has 130 valence electrons. The molecule has 0 bridgehead atoms. The van der Waals surface area contributed by atoms with Gasteiger partial charge in [-0.15, -0.1) is 0 Å². The lowest BCUT2D eigenvalue weighted by Crippen LogP contribution is -2.34. The zero-order chi connectivity index (χ0) is 17.4. The Labute approximate surface area is 144 Å². The van der Waals surface area contributed by atoms with Gasteiger partial charge < -0.3 is 10.2 Å². The lowest BCUT2D eigenvalue weighted by atomic mass is 10.1. The lowest BCUT2D eigenvalue weighted by Gasteiger charge is -2.20. The second kappa shape index (κ2) is 9.23. The number of para-hydroxylation sites is 1. The first-order valence-corrected chi connectivity index (χ1v) is 8.78. The molecule has 0 saturated heterocycles. The number of carbonyl (C=O) groups is 1. The standard InChI is InChI=1S/C19H28N4O/c1-4-22(5-2)14-8-10-16(3)21-19(24)17-11-6-7-12-18(17)23-15-9-13-20-23/h6-7,9,11-13,15-16H,4-5,8,10,14H2,1-3H3,(H,21,24). The van der Waals surface area contributed by atoms with Crippen LogP contribution in [0.15, 0.2) is 42.7 Å². The second-order valence-electron chi connectivity index (χ2n) is 6.01. The average molecular weight is 328 g/mol. The van der Waals surface area contributed by atoms with E-state index in [0.29, 0.717) is 5.56 Å². The van der Waals surface area contributed by atoms with Gasteiger partial charge in [0.15, 0.2) is 0 Å². The predicted octanol–water partition coefficient (Wildman–Crippen LogP) is 3.11. The van der Waals surface area contributed by atoms with E-state index in [2.05, 4.69) is 36.1 Å². The van der Waals surface area contributed by atoms with Crippen LogP contribution in [0.25, 0.3) is 5.69 Å². The predicted molar refractivity (Wildman–Crippen MR) is 97.5 cm³/mol. The van der Waals surface area contributed by atoms with E-state index >= 15 is 0 Å². The third-order valence-corrected chi connectivity index (χ3v) is 4.28. The van der Waals surface area contributed by atoms with Crippen LogP contribution >= 0.6 is 0 Å². The van der Waals surface area contributed by atoms with Crippen LogP contribution in [0.2, 0.25) is 0 Å². The van der Waals surface area contributed by atoms with Gasteiger partial charge in [0.25, 0.3) is 5.91 Å². The van der Waals surface area contributed by atoms with Gasteiger partial charge in [0, 0.05) is 18.4 Å². The SMILES string of the molecule is CCN(CC)CCCC(C)NC(=O)c1ccccc1-n1cccn1. The van der Waals surface area contributed by atoms with Gasteiger partial charge in [0.2, 0.25) is 0 Å². The summed E-state index contributed by atoms with van der Waals surface area (Å²) in [5.74, 6) is -0.0450. The first-order chi connectivity index (χ1) is 11.7. The minimum absolute atomic E-state index is 0.0450. The smallest absolute Gasteiger partial charge is 0.253 e. The molecule has 1 atom stereocenters. The largest absolute Gasteiger partial charge is 0.350 e. The molecule has 2 aromatic rings. The van der Waals surface area contributed by atoms with E-state index < -0.39 is 0 Å². The molecule has 1 aromatic heterocycles. The second-order valence-corrected chi connectivity index (χ2v) is 6.01. The Bertz CT molecular complexity index is 620. The van der Waals surface area contributed by atoms with E-state index in [0.717, 1.165) is 38.2 Å². The molecule has 0 radical (unpaired) electrons. The zero-order valence-electron chi connectivity index (χ0n) is 14.9. The van der Waals surface area contributed by atoms with Crippen molar-refractivity contribution in [2.45, 2.75) is 39.7 Å². The molecule has 0 aliphatic heterocycles. The van der Waals surface area contributed by atoms with Crippen molar-refractivity contribution in [3.05, 3.63) is 48.3 Å². The van der Waals surface area contributed by atoms with Gasteiger partial charge >= 0.3 is 0 Å². The van der Waals surface area contributed by atoms with Gasteiger partial charge in [0.05, 0.1) is 11.3 Å². The molecule has 2 rings (SSSR count). The van der Waals surface area contributed by atoms with Gasteiger partial charge in [-0.2, -0.15) is 5.10 Å². The normalized spacial score (nSPS) is 12.3. The molecule has 0 aliphatic rings. The third-order valence-electron chi connectivity index (χ3n) is 4.28. The maximum absolute atomic E-state index is 12.6. The van der Waals surface area contributed by atoms with E-state index in [1.807, 2.05) is 36.5 Å². The summed E-state index contributed by atoms with van der Waals surface area (Å²) in [6.45, 7) is 9.67. The minimum atomic E-state index is -0.0450. The summed E-state index contributed by atoms with van der Waals surface area (Å²) >= 11 is 0. The molecule has 0 aliphatic carbocycles. The van der Waals surface area contributed by atoms with Crippen LogP contribution in [0.3, 0.4) is 0 Å². The Morgan fingerprint density at radius 3 is 2.67 bits per heavy atom. The third kappa shape index (κ3) is 4.93. The summed E-state index contributed by atoms with van der Waals surface area (Å²) in [7, 11) is 0. The Morgan fingerprint density at radius 1 is 1.25 bits per heavy atom. The summed E-state index contributed by atoms with van der Waals surface area (Å²) in [6, 6.07) is 9.56. The zero-order valence-corrected chi connectivity index (χ0v) is 14.9. The van der Waals surface area contributed by atoms with Crippen molar-refractivity contribution in [1.82, 2.24) is 20.0 Å². The molecule has 24 heavy (non-hydrogen) atoms. The van der Waals surface area contributed by atoms with Crippen LogP contribution in [0.1, 0.15) is 44.0 Å². The van der Waals surface area contributed by atoms with Gasteiger partial charge in [-0.3, -0.25) is 4.79 Å². The van der Waals surface area contributed by atoms with Crippen molar-refractivity contribution in [2.75, 3.05) is 19.6 Å². The maximum atomic E-state index is 12.6. The number of hydrogen-bond acceptors (Lipinski definition) is 3. The van der Waals surface area contributed by atoms with Gasteiger partial charge in [-0.25, -0.2) is 4.68 Å². The topological polar surface area (TPSA) is 50.2 Å². The van der Waals surface area contributed by atoms with Gasteiger partial charge in [0.1, 0.15) is 0 Å². The maximum Gasteiger partial charge on any atom is 0.253 e. The highest BCUT2D eigenvalue weighted by atomic mass is 16.1. The number of rotatable bonds is 9. The highest BCUT2D eigenvalue weighted by molar-refractivity contribution is 5.97. The monoisotopic (exact) mass is 328 g/mol. The highest BCUT2D eigenvalue weighted by Gasteiger charge is 2.14. The summed E-state index contributed by atoms with van der Waals surface area (Å²) in [5.41, 5.74) is 1.45. The van der Waals surface area contributed by atoms with Crippen molar-refractivity contribution in [3.8, 4) is 5.69 Å². The quantitative estimate of drug-likeness (QED) is 0.769. The fourth-order valence-corrected chi connectivity index (χ4v) is 2.81. The van der Waals surface area contributed by atoms with Crippen LogP contribution < -0.4 is 5.32 Å². The number of nitrogens with one attached hydrogen (secondary N) is 1. The van der Waals surface area contributed by atoms with Crippen LogP contribution in [-0.2, 0) is 0 Å². The van der Waals surface area contributed by atoms with E-state index in [9.17, 15) is 4.79 Å². The van der Waals surface area contributed by atoms with Crippen molar-refractivity contribution >= 4 is 5.91 Å². The van der Waals surface area contributed by atoms with Crippen molar-refractivity contribution in [2.24, 2.45) is 0 Å². The van der Waals surface area contributed by atoms with Crippen molar-refractivity contribution in [3.63, 3.8) is 0 Å². The summed E-state index contributed by atoms with van der Waals surface area (Å²) in [6.07, 6.45) is 5.63. The molecule has 1 unspecified atom stereocenters. The number of carbonyl (C=O) groups excluding carboxylic acids is 1. The van der Waals surface area contributed by atoms with Crippen LogP contribution in [-0.4, -0.2) is 46.3 Å². The molecule has 0 saturated carbocycles. The van der Waals surface area contributed by atoms with E-state index in [-0.39, 0.29) is 11.9 Å². The molecule has 1 N–H and O–H groups in total. The summed E-state index contributed by atoms with van der Waals surface area (Å²) < 4.78 is 1.72. The molecule has 5 nitrogen and oxygen atoms in total. The first kappa shape index (κ1) is 18.2. The Morgan fingerprint density at radius 2 is 2.00 bits per heavy atom. The Hall–Kier alpha value is -2.14. The molecule has 5 heteroatoms. The number of hydrogen-bond donors (Lipinski definition) is 1. The summed E-state index contributed by atoms with van der Waals surface area (Å²) in [5, 5.41) is 7.34. The van der Waals surface area contributed by atoms with E-state index in [1.165, 1.54) is 0 Å². The number of nitrogens with zero attached hydrogens (tertiary/aromatic N) is 3. The lowest BCUT2D eigenvalue weighted by molar-refractivity contribution is 0.0937. The minimum Gasteiger partial charge on any atom is -0.350 e. The van der Waals surface area contributed by atoms with E-state index in [1.54, 1.807) is 10.9 Å². The fraction of sp³-hybridized carbons (Fsp3) is 0.474. The molecule has 1 aromatic carbocycles. The molecular weight excluding hydrogens is 300 g/mol. The molecule has 0 fully saturated rings. The van der Waals surface area contributed by atoms with Gasteiger partial charge in [-0.05, 0) is 57.6 Å². The van der Waals surface area contributed by atoms with Crippen molar-refractivity contribution < 1.29 is 4.79 Å². The van der Waals surface area contributed by atoms with Crippen molar-refractivity contribution in [1.29, 1.82) is 0 Å². The van der Waals surface area contributed by atoms with Crippen LogP contribution in [0.4, 0.5) is 0 Å². The molecular formula is C19H28N4O. The van der Waals surface area contributed by atoms with E-state index in [4.69, 9.17) is 0 Å². The molecule has 1 heterocycles. The average Bonchev–Trinajstić information content (AvgIpc) is 3.13. The first-order valence-electron chi connectivity index (χ1n) is 8.78. The number of benzene rings is 1. The number of aromatic nitrogens is 2. The Balaban J connectivity index is 1.93. The Kier molecular flexibility index (Phi) is 7.00.